The highest BCUT2D eigenvalue weighted by Gasteiger charge is 2.29. The Labute approximate surface area is 82.5 Å². The normalized spacial score (nSPS) is 17.9. The van der Waals surface area contributed by atoms with Crippen LogP contribution in [0, 0.1) is 5.92 Å². The van der Waals surface area contributed by atoms with Gasteiger partial charge in [-0.15, -0.1) is 5.10 Å². The number of aromatic nitrogens is 2. The average Bonchev–Trinajstić information content (AvgIpc) is 2.94. The minimum atomic E-state index is -0.114. The largest absolute Gasteiger partial charge is 0.473 e. The third-order valence-corrected chi connectivity index (χ3v) is 2.53. The van der Waals surface area contributed by atoms with Gasteiger partial charge in [-0.05, 0) is 25.7 Å². The van der Waals surface area contributed by atoms with Gasteiger partial charge in [-0.3, -0.25) is 4.79 Å². The molecule has 0 bridgehead atoms. The molecule has 0 radical (unpaired) electrons. The second-order valence-corrected chi connectivity index (χ2v) is 3.79. The van der Waals surface area contributed by atoms with Crippen molar-refractivity contribution >= 4 is 0 Å². The van der Waals surface area contributed by atoms with Crippen LogP contribution < -0.4 is 10.3 Å². The molecule has 1 saturated carbocycles. The van der Waals surface area contributed by atoms with Crippen LogP contribution in [0.3, 0.4) is 0 Å². The lowest BCUT2D eigenvalue weighted by atomic mass is 10.3. The van der Waals surface area contributed by atoms with Crippen LogP contribution in [-0.2, 0) is 7.05 Å². The summed E-state index contributed by atoms with van der Waals surface area (Å²) in [4.78, 5) is 11.0. The van der Waals surface area contributed by atoms with E-state index in [1.54, 1.807) is 13.1 Å². The lowest BCUT2D eigenvalue weighted by molar-refractivity contribution is 0.185. The van der Waals surface area contributed by atoms with Crippen LogP contribution in [0.5, 0.6) is 5.88 Å². The van der Waals surface area contributed by atoms with E-state index in [4.69, 9.17) is 4.74 Å². The molecule has 0 saturated heterocycles. The van der Waals surface area contributed by atoms with Crippen LogP contribution in [0.15, 0.2) is 16.9 Å². The molecule has 4 heteroatoms. The van der Waals surface area contributed by atoms with Crippen molar-refractivity contribution in [1.82, 2.24) is 9.78 Å². The average molecular weight is 194 g/mol. The van der Waals surface area contributed by atoms with Crippen molar-refractivity contribution in [1.29, 1.82) is 0 Å². The Balaban J connectivity index is 2.08. The number of aryl methyl sites for hydroxylation is 1. The zero-order valence-electron chi connectivity index (χ0n) is 8.43. The van der Waals surface area contributed by atoms with E-state index in [9.17, 15) is 4.79 Å². The first-order chi connectivity index (χ1) is 6.66. The van der Waals surface area contributed by atoms with Gasteiger partial charge in [0.1, 0.15) is 6.10 Å². The summed E-state index contributed by atoms with van der Waals surface area (Å²) in [6.07, 6.45) is 2.69. The van der Waals surface area contributed by atoms with Crippen LogP contribution in [0.25, 0.3) is 0 Å². The Bertz CT molecular complexity index is 382. The summed E-state index contributed by atoms with van der Waals surface area (Å²) in [6, 6.07) is 3.10. The highest BCUT2D eigenvalue weighted by Crippen LogP contribution is 2.34. The number of nitrogens with zero attached hydrogens (tertiary/aromatic N) is 2. The van der Waals surface area contributed by atoms with Crippen molar-refractivity contribution in [3.8, 4) is 5.88 Å². The maximum absolute atomic E-state index is 11.0. The number of hydrogen-bond donors (Lipinski definition) is 0. The third kappa shape index (κ3) is 1.95. The van der Waals surface area contributed by atoms with E-state index in [1.807, 2.05) is 6.92 Å². The van der Waals surface area contributed by atoms with Crippen molar-refractivity contribution < 1.29 is 4.74 Å². The van der Waals surface area contributed by atoms with E-state index >= 15 is 0 Å². The molecule has 0 aliphatic heterocycles. The summed E-state index contributed by atoms with van der Waals surface area (Å²) in [5.41, 5.74) is -0.114. The molecule has 4 nitrogen and oxygen atoms in total. The zero-order chi connectivity index (χ0) is 10.1. The molecule has 1 aliphatic rings. The summed E-state index contributed by atoms with van der Waals surface area (Å²) in [7, 11) is 1.62. The van der Waals surface area contributed by atoms with Crippen molar-refractivity contribution in [3.05, 3.63) is 22.5 Å². The fourth-order valence-corrected chi connectivity index (χ4v) is 1.40. The molecule has 1 fully saturated rings. The summed E-state index contributed by atoms with van der Waals surface area (Å²) in [6.45, 7) is 2.05. The molecular weight excluding hydrogens is 180 g/mol. The van der Waals surface area contributed by atoms with Gasteiger partial charge in [0.2, 0.25) is 5.88 Å². The molecule has 1 heterocycles. The standard InChI is InChI=1S/C10H14N2O2/c1-7(8-3-4-8)14-9-5-6-10(13)12(2)11-9/h5-8H,3-4H2,1-2H3. The van der Waals surface area contributed by atoms with Gasteiger partial charge in [0.05, 0.1) is 0 Å². The molecule has 0 N–H and O–H groups in total. The quantitative estimate of drug-likeness (QED) is 0.719. The van der Waals surface area contributed by atoms with Gasteiger partial charge >= 0.3 is 0 Å². The van der Waals surface area contributed by atoms with Crippen molar-refractivity contribution in [2.24, 2.45) is 13.0 Å². The monoisotopic (exact) mass is 194 g/mol. The lowest BCUT2D eigenvalue weighted by Gasteiger charge is -2.12. The second kappa shape index (κ2) is 3.44. The predicted octanol–water partition coefficient (Wildman–Crippen LogP) is 0.958. The second-order valence-electron chi connectivity index (χ2n) is 3.79. The third-order valence-electron chi connectivity index (χ3n) is 2.53. The Morgan fingerprint density at radius 2 is 2.29 bits per heavy atom. The maximum atomic E-state index is 11.0. The van der Waals surface area contributed by atoms with E-state index in [0.717, 1.165) is 0 Å². The van der Waals surface area contributed by atoms with Gasteiger partial charge in [-0.25, -0.2) is 4.68 Å². The lowest BCUT2D eigenvalue weighted by Crippen LogP contribution is -2.21. The van der Waals surface area contributed by atoms with Crippen LogP contribution in [0.1, 0.15) is 19.8 Å². The SMILES string of the molecule is CC(Oc1ccc(=O)n(C)n1)C1CC1. The van der Waals surface area contributed by atoms with E-state index in [2.05, 4.69) is 5.10 Å². The molecule has 0 amide bonds. The first-order valence-corrected chi connectivity index (χ1v) is 4.88. The molecular formula is C10H14N2O2. The van der Waals surface area contributed by atoms with Crippen LogP contribution >= 0.6 is 0 Å². The Morgan fingerprint density at radius 1 is 1.57 bits per heavy atom. The van der Waals surface area contributed by atoms with Crippen LogP contribution in [0.4, 0.5) is 0 Å². The number of rotatable bonds is 3. The highest BCUT2D eigenvalue weighted by atomic mass is 16.5. The van der Waals surface area contributed by atoms with E-state index < -0.39 is 0 Å². The summed E-state index contributed by atoms with van der Waals surface area (Å²) < 4.78 is 6.89. The first kappa shape index (κ1) is 9.24. The molecule has 1 unspecified atom stereocenters. The fourth-order valence-electron chi connectivity index (χ4n) is 1.40. The van der Waals surface area contributed by atoms with E-state index in [-0.39, 0.29) is 11.7 Å². The van der Waals surface area contributed by atoms with Gasteiger partial charge in [0.15, 0.2) is 0 Å². The van der Waals surface area contributed by atoms with Crippen molar-refractivity contribution in [2.75, 3.05) is 0 Å². The molecule has 0 aromatic carbocycles. The van der Waals surface area contributed by atoms with Crippen LogP contribution in [0.2, 0.25) is 0 Å². The van der Waals surface area contributed by atoms with E-state index in [0.29, 0.717) is 11.8 Å². The molecule has 76 valence electrons. The molecule has 1 aliphatic carbocycles. The molecule has 1 atom stereocenters. The smallest absolute Gasteiger partial charge is 0.266 e. The molecule has 2 rings (SSSR count). The van der Waals surface area contributed by atoms with Crippen molar-refractivity contribution in [2.45, 2.75) is 25.9 Å². The molecule has 1 aromatic heterocycles. The van der Waals surface area contributed by atoms with Gasteiger partial charge in [0.25, 0.3) is 5.56 Å². The van der Waals surface area contributed by atoms with Crippen LogP contribution in [-0.4, -0.2) is 15.9 Å². The zero-order valence-corrected chi connectivity index (χ0v) is 8.43. The minimum Gasteiger partial charge on any atom is -0.473 e. The maximum Gasteiger partial charge on any atom is 0.266 e. The number of hydrogen-bond acceptors (Lipinski definition) is 3. The predicted molar refractivity (Wildman–Crippen MR) is 52.3 cm³/mol. The minimum absolute atomic E-state index is 0.114. The Morgan fingerprint density at radius 3 is 2.86 bits per heavy atom. The summed E-state index contributed by atoms with van der Waals surface area (Å²) in [5, 5.41) is 4.00. The topological polar surface area (TPSA) is 44.1 Å². The van der Waals surface area contributed by atoms with Gasteiger partial charge in [-0.2, -0.15) is 0 Å². The molecule has 14 heavy (non-hydrogen) atoms. The molecule has 1 aromatic rings. The van der Waals surface area contributed by atoms with Gasteiger partial charge < -0.3 is 4.74 Å². The number of ether oxygens (including phenoxy) is 1. The molecule has 0 spiro atoms. The van der Waals surface area contributed by atoms with Gasteiger partial charge in [-0.1, -0.05) is 0 Å². The van der Waals surface area contributed by atoms with E-state index in [1.165, 1.54) is 23.6 Å². The Hall–Kier alpha value is -1.32. The Kier molecular flexibility index (Phi) is 2.27. The first-order valence-electron chi connectivity index (χ1n) is 4.88. The van der Waals surface area contributed by atoms with Gasteiger partial charge in [0, 0.05) is 19.2 Å². The summed E-state index contributed by atoms with van der Waals surface area (Å²) >= 11 is 0. The highest BCUT2D eigenvalue weighted by molar-refractivity contribution is 5.07. The van der Waals surface area contributed by atoms with Crippen molar-refractivity contribution in [3.63, 3.8) is 0 Å². The fraction of sp³-hybridized carbons (Fsp3) is 0.600. The summed E-state index contributed by atoms with van der Waals surface area (Å²) in [5.74, 6) is 1.21.